The van der Waals surface area contributed by atoms with Crippen LogP contribution in [0.2, 0.25) is 0 Å². The maximum absolute atomic E-state index is 5.48. The fraction of sp³-hybridized carbons (Fsp3) is 1.00. The minimum absolute atomic E-state index is 0.0203. The van der Waals surface area contributed by atoms with Gasteiger partial charge in [-0.25, -0.2) is 0 Å². The van der Waals surface area contributed by atoms with Crippen LogP contribution in [0.4, 0.5) is 0 Å². The van der Waals surface area contributed by atoms with E-state index in [0.717, 1.165) is 19.8 Å². The topological polar surface area (TPSA) is 21.7 Å². The summed E-state index contributed by atoms with van der Waals surface area (Å²) in [5, 5.41) is 0. The summed E-state index contributed by atoms with van der Waals surface area (Å²) in [5.41, 5.74) is 0. The van der Waals surface area contributed by atoms with Gasteiger partial charge in [0.25, 0.3) is 0 Å². The lowest BCUT2D eigenvalue weighted by Crippen LogP contribution is -2.33. The van der Waals surface area contributed by atoms with Crippen molar-refractivity contribution in [3.8, 4) is 0 Å². The minimum atomic E-state index is -0.0203. The molecule has 78 valence electrons. The van der Waals surface area contributed by atoms with Crippen LogP contribution in [0.3, 0.4) is 0 Å². The fourth-order valence-corrected chi connectivity index (χ4v) is 1.70. The fourth-order valence-electron chi connectivity index (χ4n) is 1.70. The SMILES string of the molecule is CCOC(CN1CCCC1)OCC. The van der Waals surface area contributed by atoms with E-state index in [0.29, 0.717) is 0 Å². The zero-order valence-corrected chi connectivity index (χ0v) is 8.79. The van der Waals surface area contributed by atoms with Crippen LogP contribution in [0, 0.1) is 0 Å². The van der Waals surface area contributed by atoms with Crippen LogP contribution >= 0.6 is 0 Å². The van der Waals surface area contributed by atoms with Crippen molar-refractivity contribution in [3.63, 3.8) is 0 Å². The first-order valence-electron chi connectivity index (χ1n) is 5.32. The Bertz CT molecular complexity index is 118. The summed E-state index contributed by atoms with van der Waals surface area (Å²) < 4.78 is 11.0. The first kappa shape index (κ1) is 11.0. The minimum Gasteiger partial charge on any atom is -0.352 e. The average molecular weight is 187 g/mol. The molecule has 0 radical (unpaired) electrons. The molecule has 0 spiro atoms. The molecule has 0 N–H and O–H groups in total. The molecule has 1 heterocycles. The molecular formula is C10H21NO2. The van der Waals surface area contributed by atoms with E-state index in [-0.39, 0.29) is 6.29 Å². The van der Waals surface area contributed by atoms with E-state index in [1.165, 1.54) is 25.9 Å². The molecule has 0 aromatic rings. The van der Waals surface area contributed by atoms with E-state index in [2.05, 4.69) is 4.90 Å². The van der Waals surface area contributed by atoms with Crippen LogP contribution in [0.5, 0.6) is 0 Å². The molecular weight excluding hydrogens is 166 g/mol. The Balaban J connectivity index is 2.19. The van der Waals surface area contributed by atoms with Gasteiger partial charge >= 0.3 is 0 Å². The van der Waals surface area contributed by atoms with Crippen molar-refractivity contribution < 1.29 is 9.47 Å². The number of hydrogen-bond donors (Lipinski definition) is 0. The lowest BCUT2D eigenvalue weighted by molar-refractivity contribution is -0.145. The molecule has 0 atom stereocenters. The number of hydrogen-bond acceptors (Lipinski definition) is 3. The van der Waals surface area contributed by atoms with Gasteiger partial charge in [0.05, 0.1) is 0 Å². The summed E-state index contributed by atoms with van der Waals surface area (Å²) >= 11 is 0. The highest BCUT2D eigenvalue weighted by atomic mass is 16.7. The maximum atomic E-state index is 5.48. The van der Waals surface area contributed by atoms with Gasteiger partial charge in [0, 0.05) is 19.8 Å². The molecule has 1 rings (SSSR count). The molecule has 0 aromatic heterocycles. The van der Waals surface area contributed by atoms with Crippen LogP contribution < -0.4 is 0 Å². The maximum Gasteiger partial charge on any atom is 0.170 e. The first-order valence-corrected chi connectivity index (χ1v) is 5.32. The molecule has 0 bridgehead atoms. The molecule has 1 saturated heterocycles. The van der Waals surface area contributed by atoms with Gasteiger partial charge < -0.3 is 9.47 Å². The van der Waals surface area contributed by atoms with Crippen molar-refractivity contribution in [2.75, 3.05) is 32.8 Å². The smallest absolute Gasteiger partial charge is 0.170 e. The standard InChI is InChI=1S/C10H21NO2/c1-3-12-10(13-4-2)9-11-7-5-6-8-11/h10H,3-9H2,1-2H3. The highest BCUT2D eigenvalue weighted by molar-refractivity contribution is 4.67. The van der Waals surface area contributed by atoms with Gasteiger partial charge in [0.2, 0.25) is 0 Å². The summed E-state index contributed by atoms with van der Waals surface area (Å²) in [7, 11) is 0. The third-order valence-corrected chi connectivity index (χ3v) is 2.31. The molecule has 0 amide bonds. The number of ether oxygens (including phenoxy) is 2. The Kier molecular flexibility index (Phi) is 5.35. The number of likely N-dealkylation sites (tertiary alicyclic amines) is 1. The van der Waals surface area contributed by atoms with Gasteiger partial charge in [-0.1, -0.05) is 0 Å². The predicted molar refractivity (Wildman–Crippen MR) is 52.7 cm³/mol. The summed E-state index contributed by atoms with van der Waals surface area (Å²) in [5.74, 6) is 0. The molecule has 0 unspecified atom stereocenters. The van der Waals surface area contributed by atoms with Crippen LogP contribution in [0.1, 0.15) is 26.7 Å². The Morgan fingerprint density at radius 1 is 1.08 bits per heavy atom. The van der Waals surface area contributed by atoms with Crippen molar-refractivity contribution in [3.05, 3.63) is 0 Å². The molecule has 0 saturated carbocycles. The third kappa shape index (κ3) is 4.07. The second-order valence-corrected chi connectivity index (χ2v) is 3.35. The van der Waals surface area contributed by atoms with Crippen molar-refractivity contribution in [1.29, 1.82) is 0 Å². The highest BCUT2D eigenvalue weighted by Gasteiger charge is 2.17. The summed E-state index contributed by atoms with van der Waals surface area (Å²) in [4.78, 5) is 2.41. The normalized spacial score (nSPS) is 18.7. The Morgan fingerprint density at radius 2 is 1.62 bits per heavy atom. The van der Waals surface area contributed by atoms with Gasteiger partial charge in [0.15, 0.2) is 6.29 Å². The lowest BCUT2D eigenvalue weighted by Gasteiger charge is -2.22. The lowest BCUT2D eigenvalue weighted by atomic mass is 10.4. The van der Waals surface area contributed by atoms with E-state index in [4.69, 9.17) is 9.47 Å². The van der Waals surface area contributed by atoms with Crippen LogP contribution in [0.25, 0.3) is 0 Å². The van der Waals surface area contributed by atoms with Crippen molar-refractivity contribution in [2.45, 2.75) is 33.0 Å². The van der Waals surface area contributed by atoms with Crippen molar-refractivity contribution in [2.24, 2.45) is 0 Å². The molecule has 1 aliphatic heterocycles. The summed E-state index contributed by atoms with van der Waals surface area (Å²) in [6, 6.07) is 0. The quantitative estimate of drug-likeness (QED) is 0.588. The second-order valence-electron chi connectivity index (χ2n) is 3.35. The van der Waals surface area contributed by atoms with Crippen LogP contribution in [-0.4, -0.2) is 44.0 Å². The zero-order chi connectivity index (χ0) is 9.52. The zero-order valence-electron chi connectivity index (χ0n) is 8.79. The largest absolute Gasteiger partial charge is 0.352 e. The molecule has 0 aliphatic carbocycles. The summed E-state index contributed by atoms with van der Waals surface area (Å²) in [6.45, 7) is 8.83. The first-order chi connectivity index (χ1) is 6.36. The Morgan fingerprint density at radius 3 is 2.08 bits per heavy atom. The summed E-state index contributed by atoms with van der Waals surface area (Å²) in [6.07, 6.45) is 2.63. The van der Waals surface area contributed by atoms with Gasteiger partial charge in [-0.15, -0.1) is 0 Å². The van der Waals surface area contributed by atoms with Gasteiger partial charge in [-0.05, 0) is 39.8 Å². The van der Waals surface area contributed by atoms with E-state index in [9.17, 15) is 0 Å². The van der Waals surface area contributed by atoms with Crippen LogP contribution in [0.15, 0.2) is 0 Å². The molecule has 1 aliphatic rings. The monoisotopic (exact) mass is 187 g/mol. The highest BCUT2D eigenvalue weighted by Crippen LogP contribution is 2.09. The van der Waals surface area contributed by atoms with E-state index in [1.54, 1.807) is 0 Å². The Labute approximate surface area is 81.0 Å². The average Bonchev–Trinajstić information content (AvgIpc) is 2.58. The van der Waals surface area contributed by atoms with Crippen LogP contribution in [-0.2, 0) is 9.47 Å². The molecule has 0 aromatic carbocycles. The third-order valence-electron chi connectivity index (χ3n) is 2.31. The number of rotatable bonds is 6. The predicted octanol–water partition coefficient (Wildman–Crippen LogP) is 1.48. The Hall–Kier alpha value is -0.120. The second kappa shape index (κ2) is 6.35. The molecule has 1 fully saturated rings. The molecule has 13 heavy (non-hydrogen) atoms. The van der Waals surface area contributed by atoms with E-state index >= 15 is 0 Å². The molecule has 3 nitrogen and oxygen atoms in total. The van der Waals surface area contributed by atoms with Gasteiger partial charge in [-0.3, -0.25) is 4.90 Å². The van der Waals surface area contributed by atoms with E-state index in [1.807, 2.05) is 13.8 Å². The van der Waals surface area contributed by atoms with Crippen molar-refractivity contribution in [1.82, 2.24) is 4.90 Å². The number of nitrogens with zero attached hydrogens (tertiary/aromatic N) is 1. The van der Waals surface area contributed by atoms with Gasteiger partial charge in [-0.2, -0.15) is 0 Å². The molecule has 3 heteroatoms. The van der Waals surface area contributed by atoms with Crippen molar-refractivity contribution >= 4 is 0 Å². The van der Waals surface area contributed by atoms with E-state index < -0.39 is 0 Å². The van der Waals surface area contributed by atoms with Gasteiger partial charge in [0.1, 0.15) is 0 Å².